The molecule has 28 heavy (non-hydrogen) atoms. The number of ether oxygens (including phenoxy) is 2. The summed E-state index contributed by atoms with van der Waals surface area (Å²) in [4.78, 5) is 14.8. The summed E-state index contributed by atoms with van der Waals surface area (Å²) < 4.78 is 11.1. The predicted octanol–water partition coefficient (Wildman–Crippen LogP) is 1.74. The van der Waals surface area contributed by atoms with Gasteiger partial charge in [-0.05, 0) is 27.0 Å². The standard InChI is InChI=1S/C19H30N6O3/c1-13(22-19-23-14(2)10-17(20-3)24-19)9-16(18(21-4)27-5)28-8-6-7-25-11-15(26)12-25/h9-10,15,26H,4,6-8,11-12H2,1-3,5H3,(H2,20,22,23,24)/b13-9+,18-16-. The van der Waals surface area contributed by atoms with Crippen molar-refractivity contribution < 1.29 is 14.6 Å². The van der Waals surface area contributed by atoms with Gasteiger partial charge in [0, 0.05) is 50.2 Å². The van der Waals surface area contributed by atoms with Gasteiger partial charge in [-0.25, -0.2) is 9.98 Å². The zero-order valence-corrected chi connectivity index (χ0v) is 17.0. The molecule has 1 aromatic heterocycles. The molecule has 1 aliphatic rings. The van der Waals surface area contributed by atoms with Crippen LogP contribution in [0, 0.1) is 6.92 Å². The van der Waals surface area contributed by atoms with Crippen molar-refractivity contribution in [2.75, 3.05) is 51.0 Å². The number of allylic oxidation sites excluding steroid dienone is 2. The van der Waals surface area contributed by atoms with Crippen LogP contribution in [-0.4, -0.2) is 73.2 Å². The zero-order valence-electron chi connectivity index (χ0n) is 17.0. The smallest absolute Gasteiger partial charge is 0.256 e. The van der Waals surface area contributed by atoms with Gasteiger partial charge in [0.15, 0.2) is 5.76 Å². The van der Waals surface area contributed by atoms with E-state index in [2.05, 4.69) is 37.2 Å². The van der Waals surface area contributed by atoms with Crippen molar-refractivity contribution in [2.45, 2.75) is 26.4 Å². The van der Waals surface area contributed by atoms with E-state index in [1.54, 1.807) is 6.08 Å². The van der Waals surface area contributed by atoms with E-state index in [9.17, 15) is 5.11 Å². The van der Waals surface area contributed by atoms with Crippen molar-refractivity contribution in [2.24, 2.45) is 4.99 Å². The lowest BCUT2D eigenvalue weighted by Gasteiger charge is -2.35. The molecule has 0 unspecified atom stereocenters. The first kappa shape index (κ1) is 21.6. The molecule has 0 saturated carbocycles. The minimum Gasteiger partial charge on any atom is -0.488 e. The van der Waals surface area contributed by atoms with Crippen LogP contribution in [0.25, 0.3) is 0 Å². The molecule has 154 valence electrons. The Bertz CT molecular complexity index is 728. The Morgan fingerprint density at radius 1 is 1.46 bits per heavy atom. The maximum Gasteiger partial charge on any atom is 0.256 e. The summed E-state index contributed by atoms with van der Waals surface area (Å²) in [5.74, 6) is 2.00. The minimum absolute atomic E-state index is 0.189. The molecular weight excluding hydrogens is 360 g/mol. The van der Waals surface area contributed by atoms with E-state index in [1.807, 2.05) is 27.0 Å². The number of rotatable bonds is 11. The topological polar surface area (TPSA) is 104 Å². The Labute approximate surface area is 166 Å². The Kier molecular flexibility index (Phi) is 8.21. The van der Waals surface area contributed by atoms with Crippen LogP contribution >= 0.6 is 0 Å². The van der Waals surface area contributed by atoms with Crippen molar-refractivity contribution in [3.05, 3.63) is 35.2 Å². The van der Waals surface area contributed by atoms with Crippen molar-refractivity contribution in [1.82, 2.24) is 14.9 Å². The number of aliphatic hydroxyl groups is 1. The van der Waals surface area contributed by atoms with Gasteiger partial charge in [-0.2, -0.15) is 4.98 Å². The summed E-state index contributed by atoms with van der Waals surface area (Å²) in [6, 6.07) is 1.86. The average Bonchev–Trinajstić information content (AvgIpc) is 2.63. The lowest BCUT2D eigenvalue weighted by atomic mass is 10.1. The molecule has 3 N–H and O–H groups in total. The van der Waals surface area contributed by atoms with Gasteiger partial charge in [0.05, 0.1) is 19.8 Å². The fraction of sp³-hybridized carbons (Fsp3) is 0.526. The number of anilines is 2. The van der Waals surface area contributed by atoms with Crippen LogP contribution < -0.4 is 10.6 Å². The number of aryl methyl sites for hydroxylation is 1. The molecule has 9 heteroatoms. The van der Waals surface area contributed by atoms with Gasteiger partial charge >= 0.3 is 0 Å². The number of aliphatic hydroxyl groups excluding tert-OH is 1. The molecule has 1 fully saturated rings. The second-order valence-corrected chi connectivity index (χ2v) is 6.57. The molecule has 0 radical (unpaired) electrons. The van der Waals surface area contributed by atoms with Gasteiger partial charge in [-0.1, -0.05) is 0 Å². The Morgan fingerprint density at radius 2 is 2.21 bits per heavy atom. The normalized spacial score (nSPS) is 16.1. The highest BCUT2D eigenvalue weighted by atomic mass is 16.5. The molecular formula is C19H30N6O3. The van der Waals surface area contributed by atoms with E-state index in [1.165, 1.54) is 7.11 Å². The quantitative estimate of drug-likeness (QED) is 0.227. The molecule has 2 rings (SSSR count). The van der Waals surface area contributed by atoms with Crippen LogP contribution in [0.4, 0.5) is 11.8 Å². The van der Waals surface area contributed by atoms with Crippen LogP contribution in [0.2, 0.25) is 0 Å². The number of hydrogen-bond donors (Lipinski definition) is 3. The Balaban J connectivity index is 2.00. The lowest BCUT2D eigenvalue weighted by molar-refractivity contribution is -0.00129. The molecule has 9 nitrogen and oxygen atoms in total. The van der Waals surface area contributed by atoms with Crippen LogP contribution in [0.3, 0.4) is 0 Å². The Morgan fingerprint density at radius 3 is 2.82 bits per heavy atom. The van der Waals surface area contributed by atoms with Gasteiger partial charge in [0.25, 0.3) is 5.88 Å². The first-order chi connectivity index (χ1) is 13.4. The molecule has 1 aliphatic heterocycles. The monoisotopic (exact) mass is 390 g/mol. The molecule has 0 atom stereocenters. The fourth-order valence-corrected chi connectivity index (χ4v) is 2.77. The molecule has 0 amide bonds. The minimum atomic E-state index is -0.189. The van der Waals surface area contributed by atoms with Gasteiger partial charge in [0.1, 0.15) is 5.82 Å². The first-order valence-electron chi connectivity index (χ1n) is 9.22. The lowest BCUT2D eigenvalue weighted by Crippen LogP contribution is -2.50. The second-order valence-electron chi connectivity index (χ2n) is 6.57. The molecule has 0 aromatic carbocycles. The van der Waals surface area contributed by atoms with E-state index in [0.717, 1.165) is 43.3 Å². The van der Waals surface area contributed by atoms with Crippen LogP contribution in [0.15, 0.2) is 34.5 Å². The summed E-state index contributed by atoms with van der Waals surface area (Å²) in [6.07, 6.45) is 2.42. The number of nitrogens with one attached hydrogen (secondary N) is 2. The zero-order chi connectivity index (χ0) is 20.5. The van der Waals surface area contributed by atoms with Crippen molar-refractivity contribution in [3.8, 4) is 0 Å². The van der Waals surface area contributed by atoms with Crippen LogP contribution in [-0.2, 0) is 9.47 Å². The maximum absolute atomic E-state index is 9.32. The van der Waals surface area contributed by atoms with Crippen LogP contribution in [0.1, 0.15) is 19.0 Å². The van der Waals surface area contributed by atoms with Gasteiger partial charge in [-0.3, -0.25) is 4.90 Å². The number of nitrogens with zero attached hydrogens (tertiary/aromatic N) is 4. The third kappa shape index (κ3) is 6.50. The molecule has 0 spiro atoms. The maximum atomic E-state index is 9.32. The summed E-state index contributed by atoms with van der Waals surface area (Å²) >= 11 is 0. The van der Waals surface area contributed by atoms with Crippen LogP contribution in [0.5, 0.6) is 0 Å². The summed E-state index contributed by atoms with van der Waals surface area (Å²) in [5.41, 5.74) is 1.62. The third-order valence-electron chi connectivity index (χ3n) is 4.13. The highest BCUT2D eigenvalue weighted by Gasteiger charge is 2.23. The molecule has 1 saturated heterocycles. The Hall–Kier alpha value is -2.65. The number of methoxy groups -OCH3 is 1. The highest BCUT2D eigenvalue weighted by Crippen LogP contribution is 2.16. The summed E-state index contributed by atoms with van der Waals surface area (Å²) in [7, 11) is 3.33. The number of β-amino-alcohol motifs (C(OH)–C–C–N with tert-alkyl or cyclic N) is 1. The van der Waals surface area contributed by atoms with E-state index >= 15 is 0 Å². The SMILES string of the molecule is C=N/C(OC)=C(\C=C(/C)Nc1nc(C)cc(NC)n1)OCCCN1CC(O)C1. The third-order valence-corrected chi connectivity index (χ3v) is 4.13. The number of aromatic nitrogens is 2. The van der Waals surface area contributed by atoms with Gasteiger partial charge < -0.3 is 25.2 Å². The fourth-order valence-electron chi connectivity index (χ4n) is 2.77. The predicted molar refractivity (Wildman–Crippen MR) is 110 cm³/mol. The number of aliphatic imine (C=N–C) groups is 1. The number of hydrogen-bond acceptors (Lipinski definition) is 9. The van der Waals surface area contributed by atoms with Crippen molar-refractivity contribution in [1.29, 1.82) is 0 Å². The van der Waals surface area contributed by atoms with E-state index < -0.39 is 0 Å². The summed E-state index contributed by atoms with van der Waals surface area (Å²) in [6.45, 7) is 10.2. The molecule has 1 aromatic rings. The summed E-state index contributed by atoms with van der Waals surface area (Å²) in [5, 5.41) is 15.5. The second kappa shape index (κ2) is 10.6. The first-order valence-corrected chi connectivity index (χ1v) is 9.22. The van der Waals surface area contributed by atoms with Crippen molar-refractivity contribution >= 4 is 18.5 Å². The molecule has 0 aliphatic carbocycles. The highest BCUT2D eigenvalue weighted by molar-refractivity contribution is 5.45. The molecule has 0 bridgehead atoms. The van der Waals surface area contributed by atoms with E-state index in [-0.39, 0.29) is 6.10 Å². The van der Waals surface area contributed by atoms with E-state index in [0.29, 0.717) is 24.2 Å². The van der Waals surface area contributed by atoms with Gasteiger partial charge in [-0.15, -0.1) is 0 Å². The number of likely N-dealkylation sites (tertiary alicyclic amines) is 1. The molecule has 2 heterocycles. The average molecular weight is 390 g/mol. The van der Waals surface area contributed by atoms with Gasteiger partial charge in [0.2, 0.25) is 5.95 Å². The van der Waals surface area contributed by atoms with Crippen molar-refractivity contribution in [3.63, 3.8) is 0 Å². The largest absolute Gasteiger partial charge is 0.488 e. The van der Waals surface area contributed by atoms with E-state index in [4.69, 9.17) is 9.47 Å².